The number of rotatable bonds is 4. The minimum Gasteiger partial charge on any atom is -0.508 e. The van der Waals surface area contributed by atoms with Crippen molar-refractivity contribution in [1.82, 2.24) is 4.90 Å². The zero-order valence-electron chi connectivity index (χ0n) is 11.1. The highest BCUT2D eigenvalue weighted by molar-refractivity contribution is 7.99. The van der Waals surface area contributed by atoms with Crippen LogP contribution in [0.3, 0.4) is 0 Å². The molecule has 1 aliphatic heterocycles. The number of amides is 1. The van der Waals surface area contributed by atoms with Gasteiger partial charge in [-0.2, -0.15) is 11.8 Å². The molecule has 19 heavy (non-hydrogen) atoms. The van der Waals surface area contributed by atoms with Crippen molar-refractivity contribution in [2.45, 2.75) is 24.9 Å². The first-order valence-corrected chi connectivity index (χ1v) is 7.61. The van der Waals surface area contributed by atoms with Gasteiger partial charge >= 0.3 is 0 Å². The van der Waals surface area contributed by atoms with Crippen LogP contribution in [0, 0.1) is 0 Å². The van der Waals surface area contributed by atoms with Gasteiger partial charge in [0.1, 0.15) is 5.75 Å². The molecule has 1 aliphatic rings. The molecule has 0 bridgehead atoms. The predicted octanol–water partition coefficient (Wildman–Crippen LogP) is 1.23. The van der Waals surface area contributed by atoms with Crippen molar-refractivity contribution < 1.29 is 9.90 Å². The molecule has 1 amide bonds. The van der Waals surface area contributed by atoms with Crippen LogP contribution in [0.4, 0.5) is 0 Å². The zero-order chi connectivity index (χ0) is 13.8. The van der Waals surface area contributed by atoms with E-state index in [4.69, 9.17) is 5.73 Å². The average Bonchev–Trinajstić information content (AvgIpc) is 2.93. The molecule has 0 aromatic heterocycles. The number of carbonyl (C=O) groups excluding carboxylic acids is 1. The fourth-order valence-corrected chi connectivity index (χ4v) is 3.51. The largest absolute Gasteiger partial charge is 0.508 e. The Morgan fingerprint density at radius 1 is 1.53 bits per heavy atom. The molecule has 3 N–H and O–H groups in total. The number of benzene rings is 1. The van der Waals surface area contributed by atoms with Crippen molar-refractivity contribution in [2.75, 3.05) is 18.6 Å². The minimum absolute atomic E-state index is 0.000532. The summed E-state index contributed by atoms with van der Waals surface area (Å²) in [6.07, 6.45) is 1.56. The van der Waals surface area contributed by atoms with E-state index in [1.54, 1.807) is 29.2 Å². The average molecular weight is 280 g/mol. The molecule has 1 saturated heterocycles. The lowest BCUT2D eigenvalue weighted by molar-refractivity contribution is -0.132. The molecular formula is C14H20N2O2S. The monoisotopic (exact) mass is 280 g/mol. The Morgan fingerprint density at radius 2 is 2.21 bits per heavy atom. The summed E-state index contributed by atoms with van der Waals surface area (Å²) in [6.45, 7) is 0. The second kappa shape index (κ2) is 6.30. The molecule has 2 unspecified atom stereocenters. The minimum atomic E-state index is -0.514. The Hall–Kier alpha value is -1.20. The summed E-state index contributed by atoms with van der Waals surface area (Å²) in [7, 11) is 1.84. The highest BCUT2D eigenvalue weighted by Gasteiger charge is 2.27. The molecule has 104 valence electrons. The summed E-state index contributed by atoms with van der Waals surface area (Å²) in [5.41, 5.74) is 6.96. The van der Waals surface area contributed by atoms with Crippen molar-refractivity contribution in [1.29, 1.82) is 0 Å². The van der Waals surface area contributed by atoms with Gasteiger partial charge in [0.2, 0.25) is 5.91 Å². The van der Waals surface area contributed by atoms with Crippen LogP contribution in [-0.2, 0) is 11.2 Å². The highest BCUT2D eigenvalue weighted by atomic mass is 32.2. The lowest BCUT2D eigenvalue weighted by Gasteiger charge is -2.26. The Bertz CT molecular complexity index is 430. The van der Waals surface area contributed by atoms with E-state index >= 15 is 0 Å². The SMILES string of the molecule is CN(C(=O)C(N)Cc1ccc(O)cc1)C1CCSC1. The third-order valence-corrected chi connectivity index (χ3v) is 4.66. The maximum Gasteiger partial charge on any atom is 0.239 e. The molecule has 1 aromatic carbocycles. The van der Waals surface area contributed by atoms with Gasteiger partial charge in [0, 0.05) is 18.8 Å². The maximum atomic E-state index is 12.2. The van der Waals surface area contributed by atoms with E-state index in [-0.39, 0.29) is 11.7 Å². The number of phenolic OH excluding ortho intramolecular Hbond substituents is 1. The van der Waals surface area contributed by atoms with E-state index in [0.717, 1.165) is 23.5 Å². The smallest absolute Gasteiger partial charge is 0.239 e. The second-order valence-corrected chi connectivity index (χ2v) is 6.09. The van der Waals surface area contributed by atoms with Crippen molar-refractivity contribution in [3.8, 4) is 5.75 Å². The lowest BCUT2D eigenvalue weighted by atomic mass is 10.0. The number of nitrogens with zero attached hydrogens (tertiary/aromatic N) is 1. The number of likely N-dealkylation sites (N-methyl/N-ethyl adjacent to an activating group) is 1. The Kier molecular flexibility index (Phi) is 4.71. The van der Waals surface area contributed by atoms with Gasteiger partial charge in [-0.1, -0.05) is 12.1 Å². The molecule has 4 nitrogen and oxygen atoms in total. The molecule has 1 heterocycles. The third kappa shape index (κ3) is 3.64. The first kappa shape index (κ1) is 14.2. The number of phenols is 1. The molecule has 2 rings (SSSR count). The van der Waals surface area contributed by atoms with Gasteiger partial charge in [-0.05, 0) is 36.3 Å². The molecule has 0 spiro atoms. The summed E-state index contributed by atoms with van der Waals surface area (Å²) in [5, 5.41) is 9.22. The fraction of sp³-hybridized carbons (Fsp3) is 0.500. The Balaban J connectivity index is 1.93. The van der Waals surface area contributed by atoms with Crippen LogP contribution in [0.25, 0.3) is 0 Å². The second-order valence-electron chi connectivity index (χ2n) is 4.94. The van der Waals surface area contributed by atoms with Gasteiger partial charge in [0.05, 0.1) is 6.04 Å². The van der Waals surface area contributed by atoms with Crippen LogP contribution in [0.1, 0.15) is 12.0 Å². The molecule has 0 saturated carbocycles. The fourth-order valence-electron chi connectivity index (χ4n) is 2.24. The van der Waals surface area contributed by atoms with Crippen LogP contribution >= 0.6 is 11.8 Å². The summed E-state index contributed by atoms with van der Waals surface area (Å²) >= 11 is 1.88. The summed E-state index contributed by atoms with van der Waals surface area (Å²) in [6, 6.07) is 6.64. The van der Waals surface area contributed by atoms with E-state index in [2.05, 4.69) is 0 Å². The zero-order valence-corrected chi connectivity index (χ0v) is 11.9. The Labute approximate surface area is 118 Å². The first-order valence-electron chi connectivity index (χ1n) is 6.46. The molecule has 5 heteroatoms. The van der Waals surface area contributed by atoms with Crippen LogP contribution in [0.15, 0.2) is 24.3 Å². The predicted molar refractivity (Wildman–Crippen MR) is 78.3 cm³/mol. The summed E-state index contributed by atoms with van der Waals surface area (Å²) in [5.74, 6) is 2.35. The van der Waals surface area contributed by atoms with Crippen LogP contribution < -0.4 is 5.73 Å². The summed E-state index contributed by atoms with van der Waals surface area (Å²) < 4.78 is 0. The molecule has 1 fully saturated rings. The van der Waals surface area contributed by atoms with Crippen LogP contribution in [-0.4, -0.2) is 46.6 Å². The maximum absolute atomic E-state index is 12.2. The molecular weight excluding hydrogens is 260 g/mol. The number of hydrogen-bond donors (Lipinski definition) is 2. The number of hydrogen-bond acceptors (Lipinski definition) is 4. The van der Waals surface area contributed by atoms with Crippen molar-refractivity contribution in [3.63, 3.8) is 0 Å². The third-order valence-electron chi connectivity index (χ3n) is 3.51. The van der Waals surface area contributed by atoms with Crippen molar-refractivity contribution in [3.05, 3.63) is 29.8 Å². The van der Waals surface area contributed by atoms with Gasteiger partial charge in [0.15, 0.2) is 0 Å². The van der Waals surface area contributed by atoms with E-state index < -0.39 is 6.04 Å². The number of nitrogens with two attached hydrogens (primary N) is 1. The number of carbonyl (C=O) groups is 1. The van der Waals surface area contributed by atoms with E-state index in [1.165, 1.54) is 0 Å². The number of thioether (sulfide) groups is 1. The van der Waals surface area contributed by atoms with Crippen LogP contribution in [0.5, 0.6) is 5.75 Å². The van der Waals surface area contributed by atoms with E-state index in [1.807, 2.05) is 18.8 Å². The van der Waals surface area contributed by atoms with Crippen LogP contribution in [0.2, 0.25) is 0 Å². The molecule has 2 atom stereocenters. The van der Waals surface area contributed by atoms with Gasteiger partial charge < -0.3 is 15.7 Å². The molecule has 0 aliphatic carbocycles. The molecule has 0 radical (unpaired) electrons. The lowest BCUT2D eigenvalue weighted by Crippen LogP contribution is -2.47. The van der Waals surface area contributed by atoms with E-state index in [9.17, 15) is 9.90 Å². The quantitative estimate of drug-likeness (QED) is 0.870. The van der Waals surface area contributed by atoms with Gasteiger partial charge in [-0.15, -0.1) is 0 Å². The summed E-state index contributed by atoms with van der Waals surface area (Å²) in [4.78, 5) is 14.0. The van der Waals surface area contributed by atoms with Gasteiger partial charge in [-0.3, -0.25) is 4.79 Å². The topological polar surface area (TPSA) is 66.6 Å². The van der Waals surface area contributed by atoms with Crippen molar-refractivity contribution in [2.24, 2.45) is 5.73 Å². The standard InChI is InChI=1S/C14H20N2O2S/c1-16(11-6-7-19-9-11)14(18)13(15)8-10-2-4-12(17)5-3-10/h2-5,11,13,17H,6-9,15H2,1H3. The van der Waals surface area contributed by atoms with Crippen molar-refractivity contribution >= 4 is 17.7 Å². The van der Waals surface area contributed by atoms with E-state index in [0.29, 0.717) is 12.5 Å². The van der Waals surface area contributed by atoms with Gasteiger partial charge in [0.25, 0.3) is 0 Å². The number of aromatic hydroxyl groups is 1. The van der Waals surface area contributed by atoms with Gasteiger partial charge in [-0.25, -0.2) is 0 Å². The molecule has 1 aromatic rings. The highest BCUT2D eigenvalue weighted by Crippen LogP contribution is 2.22. The Morgan fingerprint density at radius 3 is 2.79 bits per heavy atom. The first-order chi connectivity index (χ1) is 9.08. The normalized spacial score (nSPS) is 20.2.